The van der Waals surface area contributed by atoms with E-state index < -0.39 is 0 Å². The second kappa shape index (κ2) is 7.68. The normalized spacial score (nSPS) is 10.4. The molecule has 1 aromatic carbocycles. The van der Waals surface area contributed by atoms with Crippen LogP contribution in [-0.4, -0.2) is 24.8 Å². The predicted molar refractivity (Wildman–Crippen MR) is 79.3 cm³/mol. The van der Waals surface area contributed by atoms with Crippen molar-refractivity contribution in [3.05, 3.63) is 28.8 Å². The quantitative estimate of drug-likeness (QED) is 0.780. The van der Waals surface area contributed by atoms with Gasteiger partial charge in [0.2, 0.25) is 0 Å². The van der Waals surface area contributed by atoms with E-state index in [9.17, 15) is 9.59 Å². The van der Waals surface area contributed by atoms with Crippen LogP contribution in [0.1, 0.15) is 48.2 Å². The molecule has 0 bridgehead atoms. The van der Waals surface area contributed by atoms with Gasteiger partial charge in [0, 0.05) is 11.6 Å². The van der Waals surface area contributed by atoms with Crippen molar-refractivity contribution in [2.24, 2.45) is 0 Å². The van der Waals surface area contributed by atoms with Crippen molar-refractivity contribution in [1.82, 2.24) is 5.32 Å². The summed E-state index contributed by atoms with van der Waals surface area (Å²) in [5, 5.41) is 2.93. The van der Waals surface area contributed by atoms with Crippen LogP contribution in [0.3, 0.4) is 0 Å². The Morgan fingerprint density at radius 2 is 1.80 bits per heavy atom. The smallest absolute Gasteiger partial charge is 0.258 e. The molecule has 0 aliphatic carbocycles. The van der Waals surface area contributed by atoms with E-state index in [0.717, 1.165) is 30.3 Å². The summed E-state index contributed by atoms with van der Waals surface area (Å²) >= 11 is 0. The van der Waals surface area contributed by atoms with Gasteiger partial charge in [0.1, 0.15) is 12.0 Å². The van der Waals surface area contributed by atoms with Gasteiger partial charge in [-0.3, -0.25) is 9.59 Å². The Morgan fingerprint density at radius 3 is 2.25 bits per heavy atom. The maximum Gasteiger partial charge on any atom is 0.258 e. The van der Waals surface area contributed by atoms with Crippen LogP contribution < -0.4 is 10.1 Å². The zero-order valence-electron chi connectivity index (χ0n) is 12.7. The molecule has 0 radical (unpaired) electrons. The lowest BCUT2D eigenvalue weighted by molar-refractivity contribution is -0.123. The van der Waals surface area contributed by atoms with Crippen molar-refractivity contribution in [1.29, 1.82) is 0 Å². The lowest BCUT2D eigenvalue weighted by Gasteiger charge is -2.16. The van der Waals surface area contributed by atoms with Crippen molar-refractivity contribution >= 4 is 12.2 Å². The van der Waals surface area contributed by atoms with Crippen molar-refractivity contribution in [2.75, 3.05) is 6.61 Å². The summed E-state index contributed by atoms with van der Waals surface area (Å²) in [6.45, 7) is 7.82. The van der Waals surface area contributed by atoms with Gasteiger partial charge in [-0.15, -0.1) is 0 Å². The van der Waals surface area contributed by atoms with E-state index in [1.807, 2.05) is 27.7 Å². The maximum absolute atomic E-state index is 11.8. The molecule has 0 unspecified atom stereocenters. The first-order valence-electron chi connectivity index (χ1n) is 7.00. The van der Waals surface area contributed by atoms with Gasteiger partial charge in [0.05, 0.1) is 0 Å². The van der Waals surface area contributed by atoms with E-state index in [0.29, 0.717) is 11.3 Å². The molecular formula is C16H23NO3. The minimum Gasteiger partial charge on any atom is -0.483 e. The monoisotopic (exact) mass is 277 g/mol. The average Bonchev–Trinajstić information content (AvgIpc) is 2.43. The Kier molecular flexibility index (Phi) is 6.22. The van der Waals surface area contributed by atoms with Crippen LogP contribution in [0.5, 0.6) is 5.75 Å². The highest BCUT2D eigenvalue weighted by Crippen LogP contribution is 2.24. The third-order valence-electron chi connectivity index (χ3n) is 3.32. The first-order chi connectivity index (χ1) is 9.51. The van der Waals surface area contributed by atoms with E-state index in [1.165, 1.54) is 0 Å². The van der Waals surface area contributed by atoms with Gasteiger partial charge in [-0.05, 0) is 49.9 Å². The third kappa shape index (κ3) is 4.37. The van der Waals surface area contributed by atoms with Gasteiger partial charge in [-0.25, -0.2) is 0 Å². The number of carbonyl (C=O) groups is 2. The first kappa shape index (κ1) is 16.2. The van der Waals surface area contributed by atoms with Crippen LogP contribution in [0, 0.1) is 13.8 Å². The summed E-state index contributed by atoms with van der Waals surface area (Å²) in [7, 11) is 0. The number of aldehydes is 1. The largest absolute Gasteiger partial charge is 0.483 e. The summed E-state index contributed by atoms with van der Waals surface area (Å²) in [6, 6.07) is 3.72. The molecule has 0 spiro atoms. The van der Waals surface area contributed by atoms with Crippen LogP contribution >= 0.6 is 0 Å². The van der Waals surface area contributed by atoms with Crippen LogP contribution in [0.2, 0.25) is 0 Å². The number of hydrogen-bond acceptors (Lipinski definition) is 3. The summed E-state index contributed by atoms with van der Waals surface area (Å²) in [5.41, 5.74) is 2.35. The molecule has 0 aliphatic rings. The number of carbonyl (C=O) groups excluding carboxylic acids is 2. The number of nitrogens with one attached hydrogen (secondary N) is 1. The highest BCUT2D eigenvalue weighted by atomic mass is 16.5. The molecule has 0 heterocycles. The predicted octanol–water partition coefficient (Wildman–Crippen LogP) is 2.80. The molecule has 1 amide bonds. The average molecular weight is 277 g/mol. The standard InChI is InChI=1S/C16H23NO3/c1-5-14(6-2)17-15(19)10-20-16-11(3)7-13(9-18)8-12(16)4/h7-9,14H,5-6,10H2,1-4H3,(H,17,19). The molecule has 0 fully saturated rings. The molecular weight excluding hydrogens is 254 g/mol. The molecule has 1 rings (SSSR count). The second-order valence-corrected chi connectivity index (χ2v) is 4.97. The molecule has 0 atom stereocenters. The van der Waals surface area contributed by atoms with Crippen molar-refractivity contribution < 1.29 is 14.3 Å². The van der Waals surface area contributed by atoms with Crippen LogP contribution in [0.4, 0.5) is 0 Å². The molecule has 0 saturated carbocycles. The molecule has 110 valence electrons. The minimum absolute atomic E-state index is 0.00137. The van der Waals surface area contributed by atoms with Crippen molar-refractivity contribution in [3.63, 3.8) is 0 Å². The van der Waals surface area contributed by atoms with Crippen LogP contribution in [0.25, 0.3) is 0 Å². The first-order valence-corrected chi connectivity index (χ1v) is 7.00. The van der Waals surface area contributed by atoms with Gasteiger partial charge in [-0.2, -0.15) is 0 Å². The molecule has 4 heteroatoms. The number of ether oxygens (including phenoxy) is 1. The summed E-state index contributed by atoms with van der Waals surface area (Å²) in [6.07, 6.45) is 2.63. The van der Waals surface area contributed by atoms with Gasteiger partial charge in [0.15, 0.2) is 6.61 Å². The maximum atomic E-state index is 11.8. The van der Waals surface area contributed by atoms with Gasteiger partial charge >= 0.3 is 0 Å². The number of amides is 1. The van der Waals surface area contributed by atoms with Crippen LogP contribution in [-0.2, 0) is 4.79 Å². The van der Waals surface area contributed by atoms with E-state index in [-0.39, 0.29) is 18.6 Å². The number of rotatable bonds is 7. The fraction of sp³-hybridized carbons (Fsp3) is 0.500. The van der Waals surface area contributed by atoms with E-state index in [4.69, 9.17) is 4.74 Å². The second-order valence-electron chi connectivity index (χ2n) is 4.97. The van der Waals surface area contributed by atoms with Gasteiger partial charge in [0.25, 0.3) is 5.91 Å². The Hall–Kier alpha value is -1.84. The molecule has 0 aromatic heterocycles. The number of hydrogen-bond donors (Lipinski definition) is 1. The fourth-order valence-electron chi connectivity index (χ4n) is 2.18. The van der Waals surface area contributed by atoms with Crippen molar-refractivity contribution in [2.45, 2.75) is 46.6 Å². The van der Waals surface area contributed by atoms with E-state index in [2.05, 4.69) is 5.32 Å². The summed E-state index contributed by atoms with van der Waals surface area (Å²) in [5.74, 6) is 0.562. The van der Waals surface area contributed by atoms with Gasteiger partial charge in [-0.1, -0.05) is 13.8 Å². The zero-order chi connectivity index (χ0) is 15.1. The molecule has 20 heavy (non-hydrogen) atoms. The highest BCUT2D eigenvalue weighted by molar-refractivity contribution is 5.78. The molecule has 1 aromatic rings. The lowest BCUT2D eigenvalue weighted by atomic mass is 10.1. The van der Waals surface area contributed by atoms with E-state index in [1.54, 1.807) is 12.1 Å². The van der Waals surface area contributed by atoms with Gasteiger partial charge < -0.3 is 10.1 Å². The number of aryl methyl sites for hydroxylation is 2. The lowest BCUT2D eigenvalue weighted by Crippen LogP contribution is -2.37. The summed E-state index contributed by atoms with van der Waals surface area (Å²) in [4.78, 5) is 22.6. The third-order valence-corrected chi connectivity index (χ3v) is 3.32. The Morgan fingerprint density at radius 1 is 1.25 bits per heavy atom. The number of benzene rings is 1. The highest BCUT2D eigenvalue weighted by Gasteiger charge is 2.11. The molecule has 0 saturated heterocycles. The Labute approximate surface area is 120 Å². The minimum atomic E-state index is -0.114. The fourth-order valence-corrected chi connectivity index (χ4v) is 2.18. The Bertz CT molecular complexity index is 456. The van der Waals surface area contributed by atoms with E-state index >= 15 is 0 Å². The topological polar surface area (TPSA) is 55.4 Å². The molecule has 4 nitrogen and oxygen atoms in total. The summed E-state index contributed by atoms with van der Waals surface area (Å²) < 4.78 is 5.59. The Balaban J connectivity index is 2.66. The van der Waals surface area contributed by atoms with Crippen molar-refractivity contribution in [3.8, 4) is 5.75 Å². The molecule has 0 aliphatic heterocycles. The molecule has 1 N–H and O–H groups in total. The van der Waals surface area contributed by atoms with Crippen LogP contribution in [0.15, 0.2) is 12.1 Å². The zero-order valence-corrected chi connectivity index (χ0v) is 12.7. The SMILES string of the molecule is CCC(CC)NC(=O)COc1c(C)cc(C=O)cc1C.